The molecule has 2 aliphatic rings. The first kappa shape index (κ1) is 17.2. The van der Waals surface area contributed by atoms with Crippen LogP contribution in [0.15, 0.2) is 23.1 Å². The van der Waals surface area contributed by atoms with E-state index < -0.39 is 10.0 Å². The highest BCUT2D eigenvalue weighted by atomic mass is 35.5. The number of fused-ring (bicyclic) bond motifs is 1. The molecule has 0 aromatic heterocycles. The van der Waals surface area contributed by atoms with Crippen LogP contribution in [0.1, 0.15) is 5.56 Å². The lowest BCUT2D eigenvalue weighted by atomic mass is 10.0. The first-order valence-corrected chi connectivity index (χ1v) is 8.43. The zero-order valence-corrected chi connectivity index (χ0v) is 14.2. The predicted octanol–water partition coefficient (Wildman–Crippen LogP) is 0.467. The smallest absolute Gasteiger partial charge is 0.242 e. The summed E-state index contributed by atoms with van der Waals surface area (Å²) in [5, 5.41) is 3.09. The Labute approximate surface area is 136 Å². The summed E-state index contributed by atoms with van der Waals surface area (Å²) >= 11 is 0. The molecule has 1 saturated heterocycles. The maximum absolute atomic E-state index is 12.4. The van der Waals surface area contributed by atoms with Gasteiger partial charge >= 0.3 is 0 Å². The second-order valence-electron chi connectivity index (χ2n) is 5.67. The van der Waals surface area contributed by atoms with Crippen molar-refractivity contribution < 1.29 is 13.2 Å². The van der Waals surface area contributed by atoms with Gasteiger partial charge in [0.25, 0.3) is 0 Å². The van der Waals surface area contributed by atoms with E-state index in [-0.39, 0.29) is 29.1 Å². The van der Waals surface area contributed by atoms with Gasteiger partial charge in [-0.1, -0.05) is 6.07 Å². The molecule has 6 nitrogen and oxygen atoms in total. The third-order valence-corrected chi connectivity index (χ3v) is 5.94. The van der Waals surface area contributed by atoms with Crippen molar-refractivity contribution in [3.8, 4) is 0 Å². The van der Waals surface area contributed by atoms with Gasteiger partial charge in [0, 0.05) is 39.4 Å². The maximum atomic E-state index is 12.4. The fourth-order valence-electron chi connectivity index (χ4n) is 2.64. The normalized spacial score (nSPS) is 17.9. The SMILES string of the molecule is CN(C)S(=O)(=O)c1ccc2c(c1)N(C(=O)C1CNC1)CC2.Cl. The predicted molar refractivity (Wildman–Crippen MR) is 87.0 cm³/mol. The second-order valence-corrected chi connectivity index (χ2v) is 7.82. The van der Waals surface area contributed by atoms with Gasteiger partial charge in [-0.05, 0) is 24.1 Å². The zero-order valence-electron chi connectivity index (χ0n) is 12.6. The highest BCUT2D eigenvalue weighted by Crippen LogP contribution is 2.32. The number of nitrogens with zero attached hydrogens (tertiary/aromatic N) is 2. The van der Waals surface area contributed by atoms with Crippen LogP contribution in [0.3, 0.4) is 0 Å². The van der Waals surface area contributed by atoms with Gasteiger partial charge in [-0.25, -0.2) is 12.7 Å². The van der Waals surface area contributed by atoms with Crippen molar-refractivity contribution >= 4 is 34.0 Å². The number of carbonyl (C=O) groups excluding carboxylic acids is 1. The van der Waals surface area contributed by atoms with Crippen molar-refractivity contribution in [3.63, 3.8) is 0 Å². The van der Waals surface area contributed by atoms with Gasteiger partial charge in [-0.15, -0.1) is 12.4 Å². The Hall–Kier alpha value is -1.15. The summed E-state index contributed by atoms with van der Waals surface area (Å²) in [5.41, 5.74) is 1.78. The van der Waals surface area contributed by atoms with Gasteiger partial charge in [0.05, 0.1) is 10.8 Å². The first-order chi connectivity index (χ1) is 9.91. The van der Waals surface area contributed by atoms with Gasteiger partial charge in [0.1, 0.15) is 0 Å². The summed E-state index contributed by atoms with van der Waals surface area (Å²) in [5.74, 6) is 0.108. The molecule has 1 amide bonds. The molecule has 1 fully saturated rings. The fraction of sp³-hybridized carbons (Fsp3) is 0.500. The molecular weight excluding hydrogens is 326 g/mol. The Kier molecular flexibility index (Phi) is 4.81. The second kappa shape index (κ2) is 6.16. The summed E-state index contributed by atoms with van der Waals surface area (Å²) in [6.45, 7) is 2.05. The minimum atomic E-state index is -3.48. The number of hydrogen-bond acceptors (Lipinski definition) is 4. The first-order valence-electron chi connectivity index (χ1n) is 6.99. The molecule has 1 aromatic carbocycles. The van der Waals surface area contributed by atoms with Gasteiger partial charge in [0.2, 0.25) is 15.9 Å². The molecule has 1 aromatic rings. The van der Waals surface area contributed by atoms with E-state index >= 15 is 0 Å². The molecule has 8 heteroatoms. The van der Waals surface area contributed by atoms with E-state index in [1.807, 2.05) is 6.07 Å². The molecule has 122 valence electrons. The highest BCUT2D eigenvalue weighted by Gasteiger charge is 2.34. The zero-order chi connectivity index (χ0) is 15.2. The van der Waals surface area contributed by atoms with Crippen LogP contribution in [0.2, 0.25) is 0 Å². The minimum absolute atomic E-state index is 0. The number of sulfonamides is 1. The van der Waals surface area contributed by atoms with E-state index in [4.69, 9.17) is 0 Å². The molecule has 2 heterocycles. The lowest BCUT2D eigenvalue weighted by Crippen LogP contribution is -2.51. The lowest BCUT2D eigenvalue weighted by Gasteiger charge is -2.30. The number of amides is 1. The Balaban J connectivity index is 0.00000176. The van der Waals surface area contributed by atoms with E-state index in [9.17, 15) is 13.2 Å². The van der Waals surface area contributed by atoms with Crippen LogP contribution in [0.4, 0.5) is 5.69 Å². The number of carbonyl (C=O) groups is 1. The quantitative estimate of drug-likeness (QED) is 0.864. The molecule has 0 radical (unpaired) electrons. The maximum Gasteiger partial charge on any atom is 0.242 e. The van der Waals surface area contributed by atoms with Crippen LogP contribution in [-0.2, 0) is 21.2 Å². The Bertz CT molecular complexity index is 687. The summed E-state index contributed by atoms with van der Waals surface area (Å²) in [6, 6.07) is 5.06. The lowest BCUT2D eigenvalue weighted by molar-refractivity contribution is -0.123. The number of hydrogen-bond donors (Lipinski definition) is 1. The van der Waals surface area contributed by atoms with Crippen LogP contribution in [0.25, 0.3) is 0 Å². The highest BCUT2D eigenvalue weighted by molar-refractivity contribution is 7.89. The number of nitrogens with one attached hydrogen (secondary N) is 1. The standard InChI is InChI=1S/C14H19N3O3S.ClH/c1-16(2)21(19,20)12-4-3-10-5-6-17(13(10)7-12)14(18)11-8-15-9-11;/h3-4,7,11,15H,5-6,8-9H2,1-2H3;1H. The van der Waals surface area contributed by atoms with Crippen LogP contribution < -0.4 is 10.2 Å². The minimum Gasteiger partial charge on any atom is -0.315 e. The third-order valence-electron chi connectivity index (χ3n) is 4.13. The van der Waals surface area contributed by atoms with Crippen molar-refractivity contribution in [3.05, 3.63) is 23.8 Å². The molecule has 0 atom stereocenters. The Morgan fingerprint density at radius 2 is 2.00 bits per heavy atom. The van der Waals surface area contributed by atoms with Crippen molar-refractivity contribution in [2.45, 2.75) is 11.3 Å². The van der Waals surface area contributed by atoms with Crippen molar-refractivity contribution in [1.29, 1.82) is 0 Å². The van der Waals surface area contributed by atoms with E-state index in [2.05, 4.69) is 5.32 Å². The summed E-state index contributed by atoms with van der Waals surface area (Å²) in [6.07, 6.45) is 0.781. The van der Waals surface area contributed by atoms with Crippen LogP contribution in [-0.4, -0.2) is 52.4 Å². The van der Waals surface area contributed by atoms with Gasteiger partial charge in [0.15, 0.2) is 0 Å². The van der Waals surface area contributed by atoms with E-state index in [0.29, 0.717) is 19.6 Å². The number of benzene rings is 1. The molecule has 0 bridgehead atoms. The van der Waals surface area contributed by atoms with E-state index in [1.54, 1.807) is 17.0 Å². The van der Waals surface area contributed by atoms with Gasteiger partial charge in [-0.3, -0.25) is 4.79 Å². The molecule has 0 spiro atoms. The molecule has 22 heavy (non-hydrogen) atoms. The summed E-state index contributed by atoms with van der Waals surface area (Å²) in [4.78, 5) is 14.4. The number of halogens is 1. The van der Waals surface area contributed by atoms with Crippen LogP contribution in [0, 0.1) is 5.92 Å². The van der Waals surface area contributed by atoms with Gasteiger partial charge in [-0.2, -0.15) is 0 Å². The fourth-order valence-corrected chi connectivity index (χ4v) is 3.57. The van der Waals surface area contributed by atoms with Crippen LogP contribution >= 0.6 is 12.4 Å². The molecule has 3 rings (SSSR count). The molecular formula is C14H20ClN3O3S. The van der Waals surface area contributed by atoms with Gasteiger partial charge < -0.3 is 10.2 Å². The number of rotatable bonds is 3. The summed E-state index contributed by atoms with van der Waals surface area (Å²) in [7, 11) is -0.465. The molecule has 0 aliphatic carbocycles. The molecule has 0 unspecified atom stereocenters. The topological polar surface area (TPSA) is 69.7 Å². The number of anilines is 1. The Morgan fingerprint density at radius 3 is 2.55 bits per heavy atom. The van der Waals surface area contributed by atoms with Crippen molar-refractivity contribution in [2.24, 2.45) is 5.92 Å². The van der Waals surface area contributed by atoms with Crippen molar-refractivity contribution in [2.75, 3.05) is 38.6 Å². The average molecular weight is 346 g/mol. The van der Waals surface area contributed by atoms with Crippen molar-refractivity contribution in [1.82, 2.24) is 9.62 Å². The third kappa shape index (κ3) is 2.74. The van der Waals surface area contributed by atoms with E-state index in [0.717, 1.165) is 17.7 Å². The van der Waals surface area contributed by atoms with E-state index in [1.165, 1.54) is 18.4 Å². The molecule has 1 N–H and O–H groups in total. The monoisotopic (exact) mass is 345 g/mol. The molecule has 0 saturated carbocycles. The van der Waals surface area contributed by atoms with Crippen LogP contribution in [0.5, 0.6) is 0 Å². The summed E-state index contributed by atoms with van der Waals surface area (Å²) < 4.78 is 25.6. The average Bonchev–Trinajstić information content (AvgIpc) is 2.78. The Morgan fingerprint density at radius 1 is 1.32 bits per heavy atom. The molecule has 2 aliphatic heterocycles. The largest absolute Gasteiger partial charge is 0.315 e.